The molecule has 3 nitrogen and oxygen atoms in total. The predicted octanol–water partition coefficient (Wildman–Crippen LogP) is 3.14. The van der Waals surface area contributed by atoms with Crippen LogP contribution in [0.2, 0.25) is 0 Å². The molecule has 0 aromatic heterocycles. The molecular weight excluding hydrogens is 238 g/mol. The van der Waals surface area contributed by atoms with Crippen molar-refractivity contribution >= 4 is 5.69 Å². The Hall–Kier alpha value is -1.06. The lowest BCUT2D eigenvalue weighted by Gasteiger charge is -2.35. The number of aliphatic hydroxyl groups is 1. The van der Waals surface area contributed by atoms with E-state index in [2.05, 4.69) is 24.0 Å². The molecule has 1 atom stereocenters. The van der Waals surface area contributed by atoms with Crippen LogP contribution in [0.5, 0.6) is 0 Å². The Balaban J connectivity index is 2.07. The molecule has 1 saturated heterocycles. The van der Waals surface area contributed by atoms with Crippen molar-refractivity contribution in [1.82, 2.24) is 0 Å². The second-order valence-electron chi connectivity index (χ2n) is 5.12. The average molecular weight is 263 g/mol. The molecule has 1 fully saturated rings. The minimum atomic E-state index is -0.360. The third-order valence-corrected chi connectivity index (χ3v) is 3.87. The zero-order valence-corrected chi connectivity index (χ0v) is 12.0. The number of hydrogen-bond acceptors (Lipinski definition) is 3. The molecule has 0 radical (unpaired) electrons. The van der Waals surface area contributed by atoms with Gasteiger partial charge in [-0.25, -0.2) is 0 Å². The molecule has 1 aromatic rings. The fraction of sp³-hybridized carbons (Fsp3) is 0.625. The maximum atomic E-state index is 10.1. The zero-order valence-electron chi connectivity index (χ0n) is 12.0. The van der Waals surface area contributed by atoms with Crippen LogP contribution in [-0.2, 0) is 4.74 Å². The maximum Gasteiger partial charge on any atom is 0.0807 e. The van der Waals surface area contributed by atoms with E-state index in [0.717, 1.165) is 44.5 Å². The summed E-state index contributed by atoms with van der Waals surface area (Å²) >= 11 is 0. The van der Waals surface area contributed by atoms with E-state index >= 15 is 0 Å². The predicted molar refractivity (Wildman–Crippen MR) is 78.6 cm³/mol. The second-order valence-corrected chi connectivity index (χ2v) is 5.12. The summed E-state index contributed by atoms with van der Waals surface area (Å²) < 4.78 is 5.69. The first kappa shape index (κ1) is 14.4. The van der Waals surface area contributed by atoms with Gasteiger partial charge in [0.05, 0.1) is 12.2 Å². The van der Waals surface area contributed by atoms with Crippen molar-refractivity contribution in [3.05, 3.63) is 29.8 Å². The lowest BCUT2D eigenvalue weighted by molar-refractivity contribution is 0.0458. The first-order valence-corrected chi connectivity index (χ1v) is 7.39. The molecule has 0 spiro atoms. The average Bonchev–Trinajstić information content (AvgIpc) is 2.47. The summed E-state index contributed by atoms with van der Waals surface area (Å²) in [5, 5.41) is 10.1. The van der Waals surface area contributed by atoms with Crippen LogP contribution < -0.4 is 4.90 Å². The smallest absolute Gasteiger partial charge is 0.0807 e. The van der Waals surface area contributed by atoms with Gasteiger partial charge in [-0.2, -0.15) is 0 Å². The minimum absolute atomic E-state index is 0.360. The molecule has 0 saturated carbocycles. The minimum Gasteiger partial charge on any atom is -0.388 e. The number of piperidine rings is 1. The van der Waals surface area contributed by atoms with Gasteiger partial charge in [0.15, 0.2) is 0 Å². The Labute approximate surface area is 116 Å². The maximum absolute atomic E-state index is 10.1. The number of aliphatic hydroxyl groups excluding tert-OH is 1. The van der Waals surface area contributed by atoms with E-state index in [0.29, 0.717) is 6.10 Å². The number of benzene rings is 1. The first-order chi connectivity index (χ1) is 9.26. The number of ether oxygens (including phenoxy) is 1. The molecule has 1 aliphatic heterocycles. The van der Waals surface area contributed by atoms with E-state index < -0.39 is 0 Å². The normalized spacial score (nSPS) is 18.6. The van der Waals surface area contributed by atoms with E-state index in [1.165, 1.54) is 5.69 Å². The molecule has 3 heteroatoms. The third-order valence-electron chi connectivity index (χ3n) is 3.87. The van der Waals surface area contributed by atoms with Crippen molar-refractivity contribution in [3.8, 4) is 0 Å². The quantitative estimate of drug-likeness (QED) is 0.886. The zero-order chi connectivity index (χ0) is 13.7. The van der Waals surface area contributed by atoms with Gasteiger partial charge in [-0.1, -0.05) is 25.1 Å². The Morgan fingerprint density at radius 2 is 1.95 bits per heavy atom. The highest BCUT2D eigenvalue weighted by molar-refractivity contribution is 5.55. The van der Waals surface area contributed by atoms with E-state index in [1.807, 2.05) is 19.1 Å². The summed E-state index contributed by atoms with van der Waals surface area (Å²) in [7, 11) is 0. The molecule has 0 amide bonds. The lowest BCUT2D eigenvalue weighted by Crippen LogP contribution is -2.37. The van der Waals surface area contributed by atoms with Crippen LogP contribution in [0.3, 0.4) is 0 Å². The Morgan fingerprint density at radius 1 is 1.26 bits per heavy atom. The van der Waals surface area contributed by atoms with Gasteiger partial charge in [0.2, 0.25) is 0 Å². The fourth-order valence-corrected chi connectivity index (χ4v) is 2.78. The summed E-state index contributed by atoms with van der Waals surface area (Å²) in [5.41, 5.74) is 2.24. The van der Waals surface area contributed by atoms with Crippen molar-refractivity contribution in [3.63, 3.8) is 0 Å². The number of anilines is 1. The third kappa shape index (κ3) is 3.48. The van der Waals surface area contributed by atoms with Crippen molar-refractivity contribution in [2.24, 2.45) is 0 Å². The molecule has 1 heterocycles. The van der Waals surface area contributed by atoms with Gasteiger partial charge in [-0.15, -0.1) is 0 Å². The summed E-state index contributed by atoms with van der Waals surface area (Å²) in [6.07, 6.45) is 2.95. The van der Waals surface area contributed by atoms with Crippen LogP contribution in [-0.4, -0.2) is 30.9 Å². The summed E-state index contributed by atoms with van der Waals surface area (Å²) in [6.45, 7) is 6.90. The molecule has 106 valence electrons. The second kappa shape index (κ2) is 6.92. The number of hydrogen-bond donors (Lipinski definition) is 1. The molecule has 1 aliphatic rings. The van der Waals surface area contributed by atoms with Crippen molar-refractivity contribution < 1.29 is 9.84 Å². The standard InChI is InChI=1S/C16H25NO2/c1-3-16(18)14-7-5-6-8-15(14)17-11-9-13(10-12-17)19-4-2/h5-8,13,16,18H,3-4,9-12H2,1-2H3. The van der Waals surface area contributed by atoms with Crippen molar-refractivity contribution in [2.45, 2.75) is 45.3 Å². The van der Waals surface area contributed by atoms with E-state index in [9.17, 15) is 5.11 Å². The summed E-state index contributed by atoms with van der Waals surface area (Å²) in [6, 6.07) is 8.22. The van der Waals surface area contributed by atoms with Crippen LogP contribution in [0, 0.1) is 0 Å². The Bertz CT molecular complexity index is 386. The van der Waals surface area contributed by atoms with Crippen LogP contribution >= 0.6 is 0 Å². The van der Waals surface area contributed by atoms with Gasteiger partial charge in [0.1, 0.15) is 0 Å². The molecule has 2 rings (SSSR count). The molecule has 19 heavy (non-hydrogen) atoms. The topological polar surface area (TPSA) is 32.7 Å². The van der Waals surface area contributed by atoms with Gasteiger partial charge >= 0.3 is 0 Å². The molecular formula is C16H25NO2. The molecule has 1 aromatic carbocycles. The van der Waals surface area contributed by atoms with Crippen LogP contribution in [0.15, 0.2) is 24.3 Å². The lowest BCUT2D eigenvalue weighted by atomic mass is 10.0. The molecule has 1 unspecified atom stereocenters. The fourth-order valence-electron chi connectivity index (χ4n) is 2.78. The molecule has 0 aliphatic carbocycles. The van der Waals surface area contributed by atoms with Crippen LogP contribution in [0.25, 0.3) is 0 Å². The van der Waals surface area contributed by atoms with Gasteiger partial charge < -0.3 is 14.7 Å². The Morgan fingerprint density at radius 3 is 2.58 bits per heavy atom. The highest BCUT2D eigenvalue weighted by Crippen LogP contribution is 2.30. The van der Waals surface area contributed by atoms with E-state index in [4.69, 9.17) is 4.74 Å². The highest BCUT2D eigenvalue weighted by Gasteiger charge is 2.22. The highest BCUT2D eigenvalue weighted by atomic mass is 16.5. The molecule has 0 bridgehead atoms. The summed E-state index contributed by atoms with van der Waals surface area (Å²) in [4.78, 5) is 2.38. The van der Waals surface area contributed by atoms with Crippen LogP contribution in [0.1, 0.15) is 44.8 Å². The monoisotopic (exact) mass is 263 g/mol. The largest absolute Gasteiger partial charge is 0.388 e. The van der Waals surface area contributed by atoms with Crippen molar-refractivity contribution in [1.29, 1.82) is 0 Å². The van der Waals surface area contributed by atoms with E-state index in [1.54, 1.807) is 0 Å². The number of rotatable bonds is 5. The van der Waals surface area contributed by atoms with Crippen molar-refractivity contribution in [2.75, 3.05) is 24.6 Å². The van der Waals surface area contributed by atoms with Gasteiger partial charge in [-0.05, 0) is 32.3 Å². The SMILES string of the molecule is CCOC1CCN(c2ccccc2C(O)CC)CC1. The van der Waals surface area contributed by atoms with Gasteiger partial charge in [0.25, 0.3) is 0 Å². The van der Waals surface area contributed by atoms with E-state index in [-0.39, 0.29) is 6.10 Å². The summed E-state index contributed by atoms with van der Waals surface area (Å²) in [5.74, 6) is 0. The van der Waals surface area contributed by atoms with Crippen LogP contribution in [0.4, 0.5) is 5.69 Å². The van der Waals surface area contributed by atoms with Gasteiger partial charge in [-0.3, -0.25) is 0 Å². The Kier molecular flexibility index (Phi) is 5.23. The number of nitrogens with zero attached hydrogens (tertiary/aromatic N) is 1. The van der Waals surface area contributed by atoms with Gasteiger partial charge in [0, 0.05) is 30.9 Å². The first-order valence-electron chi connectivity index (χ1n) is 7.39. The number of para-hydroxylation sites is 1. The molecule has 1 N–H and O–H groups in total.